The Labute approximate surface area is 502 Å². The molecule has 456 valence electrons. The van der Waals surface area contributed by atoms with Crippen LogP contribution in [0.1, 0.15) is 77.9 Å². The second-order valence-corrected chi connectivity index (χ2v) is 26.3. The van der Waals surface area contributed by atoms with Gasteiger partial charge in [0.2, 0.25) is 15.9 Å². The highest BCUT2D eigenvalue weighted by Crippen LogP contribution is 2.21. The number of sulfonamides is 1. The average molecular weight is 1230 g/mol. The quantitative estimate of drug-likeness (QED) is 0.0384. The van der Waals surface area contributed by atoms with Gasteiger partial charge in [0.05, 0.1) is 42.3 Å². The highest BCUT2D eigenvalue weighted by molar-refractivity contribution is 8.13. The number of hydrogen-bond acceptors (Lipinski definition) is 13. The van der Waals surface area contributed by atoms with Crippen LogP contribution in [0.3, 0.4) is 0 Å². The second kappa shape index (κ2) is 32.1. The molecule has 6 aromatic rings. The highest BCUT2D eigenvalue weighted by Gasteiger charge is 2.29. The molecule has 6 aromatic carbocycles. The van der Waals surface area contributed by atoms with Crippen molar-refractivity contribution in [3.8, 4) is 0 Å². The van der Waals surface area contributed by atoms with E-state index in [-0.39, 0.29) is 51.5 Å². The molecule has 0 spiro atoms. The molecule has 22 heteroatoms. The number of halogens is 3. The smallest absolute Gasteiger partial charge is 0.261 e. The maximum atomic E-state index is 13.3. The number of amides is 3. The Morgan fingerprint density at radius 1 is 0.565 bits per heavy atom. The Hall–Kier alpha value is -6.79. The van der Waals surface area contributed by atoms with Gasteiger partial charge < -0.3 is 31.2 Å². The maximum Gasteiger partial charge on any atom is 0.261 e. The fourth-order valence-corrected chi connectivity index (χ4v) is 11.1. The first kappa shape index (κ1) is 67.3. The van der Waals surface area contributed by atoms with Gasteiger partial charge in [0, 0.05) is 90.7 Å². The second-order valence-electron chi connectivity index (χ2n) is 22.1. The minimum atomic E-state index is -3.85. The molecule has 0 radical (unpaired) electrons. The number of anilines is 1. The normalized spacial score (nSPS) is 14.9. The molecule has 2 heterocycles. The first-order chi connectivity index (χ1) is 40.3. The van der Waals surface area contributed by atoms with Crippen LogP contribution in [0.25, 0.3) is 0 Å². The van der Waals surface area contributed by atoms with Gasteiger partial charge in [-0.15, -0.1) is 0 Å². The largest absolute Gasteiger partial charge is 0.379 e. The van der Waals surface area contributed by atoms with Crippen molar-refractivity contribution in [3.63, 3.8) is 0 Å². The van der Waals surface area contributed by atoms with Crippen molar-refractivity contribution in [3.05, 3.63) is 197 Å². The minimum absolute atomic E-state index is 0.0101. The third-order valence-corrected chi connectivity index (χ3v) is 16.9. The number of ketones is 1. The molecule has 0 aromatic heterocycles. The molecule has 0 aliphatic carbocycles. The van der Waals surface area contributed by atoms with E-state index in [0.29, 0.717) is 30.9 Å². The van der Waals surface area contributed by atoms with Crippen molar-refractivity contribution in [2.75, 3.05) is 71.0 Å². The lowest BCUT2D eigenvalue weighted by Gasteiger charge is -2.32. The molecular weight excluding hydrogens is 1150 g/mol. The zero-order chi connectivity index (χ0) is 61.6. The molecule has 0 saturated carbocycles. The van der Waals surface area contributed by atoms with Crippen LogP contribution in [-0.2, 0) is 57.4 Å². The minimum Gasteiger partial charge on any atom is -0.379 e. The van der Waals surface area contributed by atoms with E-state index in [1.54, 1.807) is 0 Å². The highest BCUT2D eigenvalue weighted by atomic mass is 35.7. The average Bonchev–Trinajstić information content (AvgIpc) is 3.63. The molecule has 0 unspecified atom stereocenters. The molecular formula is C63H76ClF2N7O10S2. The topological polar surface area (TPSA) is 236 Å². The summed E-state index contributed by atoms with van der Waals surface area (Å²) in [6.45, 7) is 16.6. The van der Waals surface area contributed by atoms with Crippen LogP contribution in [-0.4, -0.2) is 139 Å². The number of nitrogens with one attached hydrogen (secondary N) is 4. The van der Waals surface area contributed by atoms with Gasteiger partial charge in [-0.05, 0) is 149 Å². The van der Waals surface area contributed by atoms with Crippen LogP contribution < -0.4 is 26.4 Å². The Morgan fingerprint density at radius 2 is 0.988 bits per heavy atom. The van der Waals surface area contributed by atoms with E-state index in [1.807, 2.05) is 74.5 Å². The Kier molecular flexibility index (Phi) is 25.4. The molecule has 2 aliphatic heterocycles. The summed E-state index contributed by atoms with van der Waals surface area (Å²) in [5, 5.41) is 8.22. The molecule has 0 bridgehead atoms. The van der Waals surface area contributed by atoms with Crippen molar-refractivity contribution < 1.29 is 54.3 Å². The van der Waals surface area contributed by atoms with Crippen LogP contribution >= 0.6 is 10.7 Å². The van der Waals surface area contributed by atoms with E-state index in [0.717, 1.165) is 70.0 Å². The number of ether oxygens (including phenoxy) is 2. The van der Waals surface area contributed by atoms with Crippen molar-refractivity contribution in [2.45, 2.75) is 92.8 Å². The summed E-state index contributed by atoms with van der Waals surface area (Å²) in [5.41, 5.74) is 8.32. The zero-order valence-corrected chi connectivity index (χ0v) is 50.7. The van der Waals surface area contributed by atoms with Gasteiger partial charge in [0.15, 0.2) is 5.78 Å². The third-order valence-electron chi connectivity index (χ3n) is 13.9. The Balaban J connectivity index is 0.000000234. The van der Waals surface area contributed by atoms with Crippen LogP contribution in [0.5, 0.6) is 0 Å². The summed E-state index contributed by atoms with van der Waals surface area (Å²) in [5.74, 6) is -2.67. The zero-order valence-electron chi connectivity index (χ0n) is 48.3. The number of nitrogens with zero attached hydrogens (tertiary/aromatic N) is 2. The monoisotopic (exact) mass is 1230 g/mol. The first-order valence-corrected chi connectivity index (χ1v) is 31.7. The summed E-state index contributed by atoms with van der Waals surface area (Å²) in [6.07, 6.45) is 2.18. The number of carbonyl (C=O) groups is 4. The summed E-state index contributed by atoms with van der Waals surface area (Å²) in [7, 11) is -2.35. The maximum absolute atomic E-state index is 13.3. The van der Waals surface area contributed by atoms with Crippen molar-refractivity contribution in [2.24, 2.45) is 5.73 Å². The molecule has 2 atom stereocenters. The van der Waals surface area contributed by atoms with Gasteiger partial charge in [-0.1, -0.05) is 72.8 Å². The molecule has 85 heavy (non-hydrogen) atoms. The molecule has 17 nitrogen and oxygen atoms in total. The number of rotatable bonds is 23. The van der Waals surface area contributed by atoms with Gasteiger partial charge in [-0.3, -0.25) is 29.0 Å². The predicted molar refractivity (Wildman–Crippen MR) is 325 cm³/mol. The number of benzene rings is 6. The molecule has 2 fully saturated rings. The van der Waals surface area contributed by atoms with Gasteiger partial charge in [0.25, 0.3) is 20.9 Å². The first-order valence-electron chi connectivity index (χ1n) is 27.9. The van der Waals surface area contributed by atoms with Crippen LogP contribution in [0, 0.1) is 11.6 Å². The third kappa shape index (κ3) is 23.9. The SMILES string of the molecule is CC(C)(CCN1CCOCC1)NS(=O)(=O)c1ccc(NC(=O)[C@H](Cc2ccccc2)NC(=O)c2ccc(F)cc2)cc1.CC(C)(N)CCN1CCOCC1.O=C(N[C@@H](Cc1ccccc1)C(=O)Cc1ccc(S(=O)(=O)Cl)cc1)c1ccc(F)cc1. The number of carbonyl (C=O) groups excluding carboxylic acids is 4. The summed E-state index contributed by atoms with van der Waals surface area (Å²) < 4.78 is 88.9. The lowest BCUT2D eigenvalue weighted by atomic mass is 9.97. The van der Waals surface area contributed by atoms with Gasteiger partial charge in [-0.25, -0.2) is 30.3 Å². The van der Waals surface area contributed by atoms with Crippen molar-refractivity contribution >= 4 is 58.9 Å². The summed E-state index contributed by atoms with van der Waals surface area (Å²) in [4.78, 5) is 56.4. The predicted octanol–water partition coefficient (Wildman–Crippen LogP) is 7.94. The Morgan fingerprint density at radius 3 is 1.44 bits per heavy atom. The Bertz CT molecular complexity index is 3320. The van der Waals surface area contributed by atoms with E-state index in [4.69, 9.17) is 25.9 Å². The van der Waals surface area contributed by atoms with Crippen molar-refractivity contribution in [1.29, 1.82) is 0 Å². The van der Waals surface area contributed by atoms with E-state index in [2.05, 4.69) is 44.3 Å². The molecule has 2 saturated heterocycles. The fourth-order valence-electron chi connectivity index (χ4n) is 8.89. The van der Waals surface area contributed by atoms with E-state index < -0.39 is 66.1 Å². The lowest BCUT2D eigenvalue weighted by Crippen LogP contribution is -2.47. The van der Waals surface area contributed by atoms with Crippen molar-refractivity contribution in [1.82, 2.24) is 25.2 Å². The van der Waals surface area contributed by atoms with E-state index in [9.17, 15) is 44.8 Å². The molecule has 6 N–H and O–H groups in total. The van der Waals surface area contributed by atoms with E-state index >= 15 is 0 Å². The number of morpholine rings is 2. The van der Waals surface area contributed by atoms with Crippen LogP contribution in [0.4, 0.5) is 14.5 Å². The van der Waals surface area contributed by atoms with Gasteiger partial charge >= 0.3 is 0 Å². The fraction of sp³-hybridized carbons (Fsp3) is 0.365. The van der Waals surface area contributed by atoms with Crippen LogP contribution in [0.15, 0.2) is 168 Å². The molecule has 3 amide bonds. The molecule has 8 rings (SSSR count). The van der Waals surface area contributed by atoms with Gasteiger partial charge in [0.1, 0.15) is 17.7 Å². The number of hydrogen-bond donors (Lipinski definition) is 5. The number of nitrogens with two attached hydrogens (primary N) is 1. The van der Waals surface area contributed by atoms with E-state index in [1.165, 1.54) is 97.1 Å². The molecule has 2 aliphatic rings. The lowest BCUT2D eigenvalue weighted by molar-refractivity contribution is -0.120. The summed E-state index contributed by atoms with van der Waals surface area (Å²) >= 11 is 0. The summed E-state index contributed by atoms with van der Waals surface area (Å²) in [6, 6.07) is 38.3. The number of Topliss-reactive ketones (excluding diaryl/α,β-unsaturated/α-hetero) is 1. The van der Waals surface area contributed by atoms with Gasteiger partial charge in [-0.2, -0.15) is 0 Å². The standard InChI is InChI=1S/C31H37FN4O5S.C23H19ClFNO4S.C9H20N2O/c1-31(2,16-17-36-18-20-41-21-19-36)35-42(39,40)27-14-12-26(13-15-27)33-30(38)28(22-23-6-4-3-5-7-23)34-29(37)24-8-10-25(32)11-9-24;24-31(29,30)20-12-6-17(7-13-20)15-22(27)21(14-16-4-2-1-3-5-16)26-23(28)18-8-10-19(25)11-9-18;1-9(2,10)3-4-11-5-7-12-8-6-11/h3-15,28,35H,16-22H2,1-2H3,(H,33,38)(H,34,37);1-13,21H,14-15H2,(H,26,28);3-8,10H2,1-2H3/t28-;21-;/m00./s1. The van der Waals surface area contributed by atoms with Crippen LogP contribution in [0.2, 0.25) is 0 Å².